The van der Waals surface area contributed by atoms with Crippen LogP contribution in [-0.4, -0.2) is 47.7 Å². The van der Waals surface area contributed by atoms with E-state index in [9.17, 15) is 18.7 Å². The van der Waals surface area contributed by atoms with E-state index < -0.39 is 17.6 Å². The van der Waals surface area contributed by atoms with E-state index in [0.29, 0.717) is 18.1 Å². The number of nitrogens with zero attached hydrogens (tertiary/aromatic N) is 2. The van der Waals surface area contributed by atoms with Gasteiger partial charge < -0.3 is 9.84 Å². The number of rotatable bonds is 8. The largest absolute Gasteiger partial charge is 0.497 e. The Balaban J connectivity index is 1.39. The van der Waals surface area contributed by atoms with Crippen molar-refractivity contribution in [2.24, 2.45) is 11.8 Å². The minimum atomic E-state index is -0.819. The predicted octanol–water partition coefficient (Wildman–Crippen LogP) is 5.96. The van der Waals surface area contributed by atoms with Crippen LogP contribution in [0.3, 0.4) is 0 Å². The fourth-order valence-corrected chi connectivity index (χ4v) is 5.34. The highest BCUT2D eigenvalue weighted by Gasteiger charge is 2.30. The quantitative estimate of drug-likeness (QED) is 0.367. The van der Waals surface area contributed by atoms with Gasteiger partial charge >= 0.3 is 5.97 Å². The summed E-state index contributed by atoms with van der Waals surface area (Å²) in [7, 11) is 1.62. The molecule has 1 fully saturated rings. The van der Waals surface area contributed by atoms with Crippen molar-refractivity contribution in [2.45, 2.75) is 32.1 Å². The van der Waals surface area contributed by atoms with Crippen LogP contribution in [-0.2, 0) is 11.2 Å². The van der Waals surface area contributed by atoms with Crippen molar-refractivity contribution in [1.82, 2.24) is 9.88 Å². The molecule has 194 valence electrons. The molecule has 1 aliphatic heterocycles. The van der Waals surface area contributed by atoms with Crippen LogP contribution < -0.4 is 4.74 Å². The molecule has 37 heavy (non-hydrogen) atoms. The second-order valence-corrected chi connectivity index (χ2v) is 9.83. The van der Waals surface area contributed by atoms with E-state index in [2.05, 4.69) is 21.7 Å². The molecule has 1 aliphatic rings. The summed E-state index contributed by atoms with van der Waals surface area (Å²) in [5, 5.41) is 11.1. The Labute approximate surface area is 220 Å². The smallest absolute Gasteiger partial charge is 0.303 e. The highest BCUT2D eigenvalue weighted by atomic mass is 35.5. The summed E-state index contributed by atoms with van der Waals surface area (Å²) in [5.41, 5.74) is 1.91. The molecule has 1 saturated heterocycles. The Morgan fingerprint density at radius 2 is 2.08 bits per heavy atom. The molecule has 1 aromatic heterocycles. The maximum Gasteiger partial charge on any atom is 0.303 e. The molecule has 2 heterocycles. The molecule has 1 N–H and O–H groups in total. The van der Waals surface area contributed by atoms with E-state index in [4.69, 9.17) is 16.3 Å². The van der Waals surface area contributed by atoms with Crippen LogP contribution in [0.4, 0.5) is 8.78 Å². The maximum absolute atomic E-state index is 13.8. The molecule has 0 saturated carbocycles. The SMILES string of the molecule is COc1ccc2ncc(Cl)c(CCC[C@@H]3CCN(CC#Cc4cc(F)ccc4F)C[C@@H]3CC(=O)O)c2c1. The number of ether oxygens (including phenoxy) is 1. The fourth-order valence-electron chi connectivity index (χ4n) is 5.10. The fraction of sp³-hybridized carbons (Fsp3) is 0.379. The zero-order valence-corrected chi connectivity index (χ0v) is 21.4. The number of halogens is 3. The van der Waals surface area contributed by atoms with Gasteiger partial charge in [-0.3, -0.25) is 14.7 Å². The molecule has 0 unspecified atom stereocenters. The first kappa shape index (κ1) is 26.8. The first-order valence-electron chi connectivity index (χ1n) is 12.3. The Kier molecular flexibility index (Phi) is 8.96. The predicted molar refractivity (Wildman–Crippen MR) is 140 cm³/mol. The van der Waals surface area contributed by atoms with E-state index >= 15 is 0 Å². The average Bonchev–Trinajstić information content (AvgIpc) is 2.87. The summed E-state index contributed by atoms with van der Waals surface area (Å²) in [4.78, 5) is 18.1. The molecule has 8 heteroatoms. The lowest BCUT2D eigenvalue weighted by Crippen LogP contribution is -2.41. The van der Waals surface area contributed by atoms with E-state index in [-0.39, 0.29) is 23.8 Å². The second-order valence-electron chi connectivity index (χ2n) is 9.43. The van der Waals surface area contributed by atoms with Crippen LogP contribution in [0, 0.1) is 35.3 Å². The summed E-state index contributed by atoms with van der Waals surface area (Å²) in [5.74, 6) is 4.70. The van der Waals surface area contributed by atoms with Crippen molar-refractivity contribution in [1.29, 1.82) is 0 Å². The Morgan fingerprint density at radius 3 is 2.86 bits per heavy atom. The number of carbonyl (C=O) groups is 1. The van der Waals surface area contributed by atoms with Gasteiger partial charge in [-0.1, -0.05) is 23.4 Å². The molecular formula is C29H29ClF2N2O3. The van der Waals surface area contributed by atoms with E-state index in [1.165, 1.54) is 0 Å². The molecule has 0 amide bonds. The van der Waals surface area contributed by atoms with Gasteiger partial charge in [0.1, 0.15) is 17.4 Å². The number of hydrogen-bond acceptors (Lipinski definition) is 4. The Morgan fingerprint density at radius 1 is 1.24 bits per heavy atom. The van der Waals surface area contributed by atoms with Crippen molar-refractivity contribution < 1.29 is 23.4 Å². The minimum Gasteiger partial charge on any atom is -0.497 e. The molecule has 3 aromatic rings. The third-order valence-electron chi connectivity index (χ3n) is 7.00. The molecule has 2 aromatic carbocycles. The lowest BCUT2D eigenvalue weighted by molar-refractivity contribution is -0.139. The number of aromatic nitrogens is 1. The summed E-state index contributed by atoms with van der Waals surface area (Å²) in [6.07, 6.45) is 5.13. The molecule has 2 atom stereocenters. The standard InChI is InChI=1S/C29H29ClF2N2O3/c1-37-23-8-10-28-25(16-23)24(26(30)17-33-28)6-2-4-19-11-13-34(18-21(19)15-29(35)36)12-3-5-20-14-22(31)7-9-27(20)32/h7-10,14,16-17,19,21H,2,4,6,11-13,15,18H2,1H3,(H,35,36)/t19-,21+/m1/s1. The highest BCUT2D eigenvalue weighted by Crippen LogP contribution is 2.33. The molecular weight excluding hydrogens is 498 g/mol. The van der Waals surface area contributed by atoms with Crippen molar-refractivity contribution in [3.63, 3.8) is 0 Å². The number of methoxy groups -OCH3 is 1. The third-order valence-corrected chi connectivity index (χ3v) is 7.33. The van der Waals surface area contributed by atoms with Crippen molar-refractivity contribution in [3.8, 4) is 17.6 Å². The molecule has 5 nitrogen and oxygen atoms in total. The number of aliphatic carboxylic acids is 1. The normalized spacial score (nSPS) is 17.8. The van der Waals surface area contributed by atoms with Crippen LogP contribution in [0.25, 0.3) is 10.9 Å². The molecule has 0 aliphatic carbocycles. The number of hydrogen-bond donors (Lipinski definition) is 1. The number of carboxylic acid groups (broad SMARTS) is 1. The number of likely N-dealkylation sites (tertiary alicyclic amines) is 1. The van der Waals surface area contributed by atoms with Gasteiger partial charge in [-0.05, 0) is 86.0 Å². The lowest BCUT2D eigenvalue weighted by atomic mass is 9.80. The van der Waals surface area contributed by atoms with Gasteiger partial charge in [0.25, 0.3) is 0 Å². The Bertz CT molecular complexity index is 1340. The van der Waals surface area contributed by atoms with Gasteiger partial charge in [-0.25, -0.2) is 8.78 Å². The van der Waals surface area contributed by atoms with E-state index in [0.717, 1.165) is 72.6 Å². The first-order valence-corrected chi connectivity index (χ1v) is 12.7. The number of piperidine rings is 1. The molecule has 0 radical (unpaired) electrons. The highest BCUT2D eigenvalue weighted by molar-refractivity contribution is 6.32. The number of aryl methyl sites for hydroxylation is 1. The van der Waals surface area contributed by atoms with Crippen molar-refractivity contribution in [3.05, 3.63) is 70.4 Å². The van der Waals surface area contributed by atoms with Gasteiger partial charge in [-0.15, -0.1) is 0 Å². The van der Waals surface area contributed by atoms with Crippen LogP contribution in [0.5, 0.6) is 5.75 Å². The Hall–Kier alpha value is -3.21. The molecule has 0 spiro atoms. The summed E-state index contributed by atoms with van der Waals surface area (Å²) < 4.78 is 32.6. The lowest BCUT2D eigenvalue weighted by Gasteiger charge is -2.37. The van der Waals surface area contributed by atoms with Gasteiger partial charge in [0.05, 0.1) is 29.8 Å². The van der Waals surface area contributed by atoms with Crippen LogP contribution in [0.1, 0.15) is 36.8 Å². The zero-order chi connectivity index (χ0) is 26.4. The number of carboxylic acids is 1. The van der Waals surface area contributed by atoms with Gasteiger partial charge in [-0.2, -0.15) is 0 Å². The second kappa shape index (κ2) is 12.4. The zero-order valence-electron chi connectivity index (χ0n) is 20.6. The summed E-state index contributed by atoms with van der Waals surface area (Å²) in [6.45, 7) is 1.75. The third kappa shape index (κ3) is 6.97. The van der Waals surface area contributed by atoms with Gasteiger partial charge in [0.15, 0.2) is 0 Å². The molecule has 4 rings (SSSR count). The summed E-state index contributed by atoms with van der Waals surface area (Å²) in [6, 6.07) is 8.94. The number of benzene rings is 2. The van der Waals surface area contributed by atoms with Crippen LogP contribution in [0.2, 0.25) is 5.02 Å². The maximum atomic E-state index is 13.8. The molecule has 0 bridgehead atoms. The average molecular weight is 527 g/mol. The number of fused-ring (bicyclic) bond motifs is 1. The van der Waals surface area contributed by atoms with Crippen LogP contribution in [0.15, 0.2) is 42.6 Å². The van der Waals surface area contributed by atoms with Crippen LogP contribution >= 0.6 is 11.6 Å². The van der Waals surface area contributed by atoms with Crippen molar-refractivity contribution in [2.75, 3.05) is 26.7 Å². The van der Waals surface area contributed by atoms with Gasteiger partial charge in [0, 0.05) is 24.5 Å². The van der Waals surface area contributed by atoms with Gasteiger partial charge in [0.2, 0.25) is 0 Å². The monoisotopic (exact) mass is 526 g/mol. The number of pyridine rings is 1. The minimum absolute atomic E-state index is 0.0105. The topological polar surface area (TPSA) is 62.7 Å². The summed E-state index contributed by atoms with van der Waals surface area (Å²) >= 11 is 6.50. The van der Waals surface area contributed by atoms with E-state index in [1.54, 1.807) is 13.3 Å². The van der Waals surface area contributed by atoms with Crippen molar-refractivity contribution >= 4 is 28.5 Å². The van der Waals surface area contributed by atoms with E-state index in [1.807, 2.05) is 18.2 Å². The first-order chi connectivity index (χ1) is 17.8.